The fourth-order valence-electron chi connectivity index (χ4n) is 1.98. The van der Waals surface area contributed by atoms with Gasteiger partial charge in [0, 0.05) is 17.6 Å². The highest BCUT2D eigenvalue weighted by atomic mass is 79.9. The molecule has 0 unspecified atom stereocenters. The average Bonchev–Trinajstić information content (AvgIpc) is 2.46. The molecule has 0 fully saturated rings. The summed E-state index contributed by atoms with van der Waals surface area (Å²) in [5.74, 6) is -0.210. The van der Waals surface area contributed by atoms with Crippen LogP contribution in [0.4, 0.5) is 0 Å². The SMILES string of the molecule is CCCN(CCC(=O)OCC)C(=O)Cc1ccc(Br)cc1. The van der Waals surface area contributed by atoms with Gasteiger partial charge in [-0.05, 0) is 31.0 Å². The topological polar surface area (TPSA) is 46.6 Å². The van der Waals surface area contributed by atoms with Crippen LogP contribution in [0.3, 0.4) is 0 Å². The van der Waals surface area contributed by atoms with E-state index in [2.05, 4.69) is 15.9 Å². The molecule has 1 aromatic rings. The van der Waals surface area contributed by atoms with Gasteiger partial charge in [0.05, 0.1) is 19.4 Å². The van der Waals surface area contributed by atoms with Crippen LogP contribution < -0.4 is 0 Å². The number of halogens is 1. The highest BCUT2D eigenvalue weighted by Gasteiger charge is 2.15. The average molecular weight is 356 g/mol. The van der Waals surface area contributed by atoms with E-state index in [1.54, 1.807) is 11.8 Å². The van der Waals surface area contributed by atoms with Crippen molar-refractivity contribution in [1.82, 2.24) is 4.90 Å². The predicted octanol–water partition coefficient (Wildman–Crippen LogP) is 3.18. The monoisotopic (exact) mass is 355 g/mol. The summed E-state index contributed by atoms with van der Waals surface area (Å²) >= 11 is 3.37. The van der Waals surface area contributed by atoms with E-state index < -0.39 is 0 Å². The lowest BCUT2D eigenvalue weighted by molar-refractivity contribution is -0.144. The van der Waals surface area contributed by atoms with Crippen molar-refractivity contribution in [2.45, 2.75) is 33.1 Å². The zero-order valence-electron chi connectivity index (χ0n) is 12.6. The number of nitrogens with zero attached hydrogens (tertiary/aromatic N) is 1. The highest BCUT2D eigenvalue weighted by Crippen LogP contribution is 2.12. The second-order valence-corrected chi connectivity index (χ2v) is 5.65. The number of esters is 1. The van der Waals surface area contributed by atoms with Crippen LogP contribution in [0.1, 0.15) is 32.3 Å². The maximum absolute atomic E-state index is 12.3. The molecule has 0 saturated heterocycles. The molecule has 0 aliphatic heterocycles. The first kappa shape index (κ1) is 17.7. The Labute approximate surface area is 134 Å². The first-order chi connectivity index (χ1) is 10.1. The van der Waals surface area contributed by atoms with Crippen molar-refractivity contribution >= 4 is 27.8 Å². The number of ether oxygens (including phenoxy) is 1. The number of carbonyl (C=O) groups is 2. The van der Waals surface area contributed by atoms with Gasteiger partial charge < -0.3 is 9.64 Å². The van der Waals surface area contributed by atoms with Gasteiger partial charge in [0.1, 0.15) is 0 Å². The van der Waals surface area contributed by atoms with E-state index in [-0.39, 0.29) is 18.3 Å². The summed E-state index contributed by atoms with van der Waals surface area (Å²) in [6.07, 6.45) is 1.48. The van der Waals surface area contributed by atoms with Crippen LogP contribution in [-0.4, -0.2) is 36.5 Å². The Bertz CT molecular complexity index is 459. The molecule has 0 spiro atoms. The first-order valence-corrected chi connectivity index (χ1v) is 8.04. The Morgan fingerprint density at radius 3 is 2.38 bits per heavy atom. The fourth-order valence-corrected chi connectivity index (χ4v) is 2.24. The molecule has 116 valence electrons. The minimum Gasteiger partial charge on any atom is -0.466 e. The van der Waals surface area contributed by atoms with Gasteiger partial charge in [-0.15, -0.1) is 0 Å². The highest BCUT2D eigenvalue weighted by molar-refractivity contribution is 9.10. The fraction of sp³-hybridized carbons (Fsp3) is 0.500. The summed E-state index contributed by atoms with van der Waals surface area (Å²) in [5.41, 5.74) is 0.973. The van der Waals surface area contributed by atoms with E-state index in [0.29, 0.717) is 26.1 Å². The maximum atomic E-state index is 12.3. The Kier molecular flexibility index (Phi) is 8.05. The standard InChI is InChI=1S/C16H22BrNO3/c1-3-10-18(11-9-16(20)21-4-2)15(19)12-13-5-7-14(17)8-6-13/h5-8H,3-4,9-12H2,1-2H3. The third-order valence-electron chi connectivity index (χ3n) is 3.01. The number of hydrogen-bond donors (Lipinski definition) is 0. The van der Waals surface area contributed by atoms with Crippen molar-refractivity contribution in [2.75, 3.05) is 19.7 Å². The zero-order chi connectivity index (χ0) is 15.7. The lowest BCUT2D eigenvalue weighted by Gasteiger charge is -2.21. The van der Waals surface area contributed by atoms with Gasteiger partial charge in [-0.1, -0.05) is 35.0 Å². The summed E-state index contributed by atoms with van der Waals surface area (Å²) < 4.78 is 5.89. The van der Waals surface area contributed by atoms with Gasteiger partial charge in [0.15, 0.2) is 0 Å². The Morgan fingerprint density at radius 1 is 1.14 bits per heavy atom. The van der Waals surface area contributed by atoms with Crippen LogP contribution in [-0.2, 0) is 20.7 Å². The molecule has 0 N–H and O–H groups in total. The van der Waals surface area contributed by atoms with Gasteiger partial charge in [-0.2, -0.15) is 0 Å². The van der Waals surface area contributed by atoms with E-state index in [9.17, 15) is 9.59 Å². The summed E-state index contributed by atoms with van der Waals surface area (Å²) in [7, 11) is 0. The maximum Gasteiger partial charge on any atom is 0.307 e. The predicted molar refractivity (Wildman–Crippen MR) is 86.0 cm³/mol. The van der Waals surface area contributed by atoms with Gasteiger partial charge >= 0.3 is 5.97 Å². The van der Waals surface area contributed by atoms with E-state index in [0.717, 1.165) is 16.5 Å². The lowest BCUT2D eigenvalue weighted by atomic mass is 10.1. The van der Waals surface area contributed by atoms with E-state index >= 15 is 0 Å². The molecule has 1 rings (SSSR count). The van der Waals surface area contributed by atoms with Gasteiger partial charge in [-0.25, -0.2) is 0 Å². The summed E-state index contributed by atoms with van der Waals surface area (Å²) in [5, 5.41) is 0. The largest absolute Gasteiger partial charge is 0.466 e. The van der Waals surface area contributed by atoms with Crippen LogP contribution in [0.5, 0.6) is 0 Å². The van der Waals surface area contributed by atoms with Crippen molar-refractivity contribution in [1.29, 1.82) is 0 Å². The molecular formula is C16H22BrNO3. The van der Waals surface area contributed by atoms with Crippen LogP contribution in [0, 0.1) is 0 Å². The molecule has 0 bridgehead atoms. The zero-order valence-corrected chi connectivity index (χ0v) is 14.2. The quantitative estimate of drug-likeness (QED) is 0.672. The second kappa shape index (κ2) is 9.55. The van der Waals surface area contributed by atoms with E-state index in [1.807, 2.05) is 31.2 Å². The summed E-state index contributed by atoms with van der Waals surface area (Å²) in [6, 6.07) is 7.70. The number of amides is 1. The second-order valence-electron chi connectivity index (χ2n) is 4.74. The van der Waals surface area contributed by atoms with Crippen molar-refractivity contribution in [3.05, 3.63) is 34.3 Å². The molecule has 1 amide bonds. The molecular weight excluding hydrogens is 334 g/mol. The summed E-state index contributed by atoms with van der Waals surface area (Å²) in [4.78, 5) is 25.5. The van der Waals surface area contributed by atoms with Crippen molar-refractivity contribution in [3.63, 3.8) is 0 Å². The normalized spacial score (nSPS) is 10.2. The Balaban J connectivity index is 2.55. The molecule has 0 atom stereocenters. The smallest absolute Gasteiger partial charge is 0.307 e. The molecule has 5 heteroatoms. The minimum atomic E-state index is -0.255. The van der Waals surface area contributed by atoms with Crippen molar-refractivity contribution in [3.8, 4) is 0 Å². The van der Waals surface area contributed by atoms with Crippen LogP contribution >= 0.6 is 15.9 Å². The molecule has 0 saturated carbocycles. The van der Waals surface area contributed by atoms with Crippen LogP contribution in [0.25, 0.3) is 0 Å². The lowest BCUT2D eigenvalue weighted by Crippen LogP contribution is -2.35. The molecule has 0 aromatic heterocycles. The van der Waals surface area contributed by atoms with E-state index in [4.69, 9.17) is 4.74 Å². The van der Waals surface area contributed by atoms with Crippen molar-refractivity contribution < 1.29 is 14.3 Å². The van der Waals surface area contributed by atoms with E-state index in [1.165, 1.54) is 0 Å². The third kappa shape index (κ3) is 6.76. The number of rotatable bonds is 8. The first-order valence-electron chi connectivity index (χ1n) is 7.24. The van der Waals surface area contributed by atoms with Gasteiger partial charge in [-0.3, -0.25) is 9.59 Å². The van der Waals surface area contributed by atoms with Crippen molar-refractivity contribution in [2.24, 2.45) is 0 Å². The van der Waals surface area contributed by atoms with Gasteiger partial charge in [0.2, 0.25) is 5.91 Å². The Morgan fingerprint density at radius 2 is 1.81 bits per heavy atom. The molecule has 0 aliphatic carbocycles. The number of hydrogen-bond acceptors (Lipinski definition) is 3. The van der Waals surface area contributed by atoms with Gasteiger partial charge in [0.25, 0.3) is 0 Å². The Hall–Kier alpha value is -1.36. The number of benzene rings is 1. The molecule has 21 heavy (non-hydrogen) atoms. The molecule has 4 nitrogen and oxygen atoms in total. The molecule has 0 heterocycles. The van der Waals surface area contributed by atoms with Crippen LogP contribution in [0.15, 0.2) is 28.7 Å². The summed E-state index contributed by atoms with van der Waals surface area (Å²) in [6.45, 7) is 5.25. The number of carbonyl (C=O) groups excluding carboxylic acids is 2. The molecule has 0 radical (unpaired) electrons. The molecule has 0 aliphatic rings. The van der Waals surface area contributed by atoms with Crippen LogP contribution in [0.2, 0.25) is 0 Å². The third-order valence-corrected chi connectivity index (χ3v) is 3.53. The minimum absolute atomic E-state index is 0.0449. The molecule has 1 aromatic carbocycles.